The highest BCUT2D eigenvalue weighted by atomic mass is 35.5. The molecule has 1 amide bonds. The van der Waals surface area contributed by atoms with Crippen molar-refractivity contribution in [3.05, 3.63) is 47.0 Å². The van der Waals surface area contributed by atoms with Gasteiger partial charge in [0, 0.05) is 26.2 Å². The van der Waals surface area contributed by atoms with Crippen LogP contribution in [0.25, 0.3) is 10.2 Å². The van der Waals surface area contributed by atoms with Gasteiger partial charge in [-0.3, -0.25) is 4.79 Å². The lowest BCUT2D eigenvalue weighted by Gasteiger charge is -2.34. The molecule has 4 rings (SSSR count). The quantitative estimate of drug-likeness (QED) is 0.643. The third-order valence-corrected chi connectivity index (χ3v) is 6.42. The summed E-state index contributed by atoms with van der Waals surface area (Å²) in [6.07, 6.45) is 0. The van der Waals surface area contributed by atoms with Crippen molar-refractivity contribution in [1.82, 2.24) is 9.88 Å². The number of carbonyl (C=O) groups is 1. The van der Waals surface area contributed by atoms with Crippen molar-refractivity contribution in [2.75, 3.05) is 45.3 Å². The molecule has 1 aliphatic rings. The van der Waals surface area contributed by atoms with E-state index in [4.69, 9.17) is 26.1 Å². The Balaban J connectivity index is 1.51. The van der Waals surface area contributed by atoms with Gasteiger partial charge in [-0.15, -0.1) is 0 Å². The van der Waals surface area contributed by atoms with Gasteiger partial charge in [0.2, 0.25) is 0 Å². The summed E-state index contributed by atoms with van der Waals surface area (Å²) in [5.74, 6) is 1.31. The van der Waals surface area contributed by atoms with E-state index in [-0.39, 0.29) is 5.91 Å². The van der Waals surface area contributed by atoms with E-state index in [0.29, 0.717) is 48.3 Å². The first-order valence-corrected chi connectivity index (χ1v) is 10.1. The monoisotopic (exact) mass is 417 g/mol. The van der Waals surface area contributed by atoms with Crippen LogP contribution in [0.5, 0.6) is 11.5 Å². The number of methoxy groups -OCH3 is 2. The van der Waals surface area contributed by atoms with Gasteiger partial charge in [0.15, 0.2) is 5.13 Å². The molecule has 146 valence electrons. The second-order valence-electron chi connectivity index (χ2n) is 6.40. The topological polar surface area (TPSA) is 54.9 Å². The van der Waals surface area contributed by atoms with E-state index < -0.39 is 0 Å². The van der Waals surface area contributed by atoms with Gasteiger partial charge in [0.25, 0.3) is 5.91 Å². The summed E-state index contributed by atoms with van der Waals surface area (Å²) in [7, 11) is 3.21. The fraction of sp³-hybridized carbons (Fsp3) is 0.300. The first-order chi connectivity index (χ1) is 13.6. The number of nitrogens with zero attached hydrogens (tertiary/aromatic N) is 3. The third-order valence-electron chi connectivity index (χ3n) is 4.84. The lowest BCUT2D eigenvalue weighted by atomic mass is 10.1. The molecule has 2 aromatic carbocycles. The Morgan fingerprint density at radius 2 is 1.75 bits per heavy atom. The highest BCUT2D eigenvalue weighted by molar-refractivity contribution is 7.22. The Bertz CT molecular complexity index is 1020. The second-order valence-corrected chi connectivity index (χ2v) is 7.79. The zero-order valence-electron chi connectivity index (χ0n) is 15.6. The molecule has 1 saturated heterocycles. The van der Waals surface area contributed by atoms with Crippen LogP contribution in [-0.2, 0) is 0 Å². The average Bonchev–Trinajstić information content (AvgIpc) is 3.20. The van der Waals surface area contributed by atoms with Crippen LogP contribution in [0, 0.1) is 0 Å². The maximum absolute atomic E-state index is 12.9. The number of aromatic nitrogens is 1. The maximum atomic E-state index is 12.9. The van der Waals surface area contributed by atoms with Crippen LogP contribution in [0.15, 0.2) is 36.4 Å². The highest BCUT2D eigenvalue weighted by Gasteiger charge is 2.26. The van der Waals surface area contributed by atoms with E-state index in [0.717, 1.165) is 15.3 Å². The minimum atomic E-state index is -0.00823. The Morgan fingerprint density at radius 1 is 1.04 bits per heavy atom. The summed E-state index contributed by atoms with van der Waals surface area (Å²) in [6, 6.07) is 11.0. The van der Waals surface area contributed by atoms with Gasteiger partial charge < -0.3 is 19.3 Å². The minimum Gasteiger partial charge on any atom is -0.496 e. The molecule has 1 aliphatic heterocycles. The summed E-state index contributed by atoms with van der Waals surface area (Å²) >= 11 is 7.88. The van der Waals surface area contributed by atoms with Crippen molar-refractivity contribution in [3.63, 3.8) is 0 Å². The number of hydrogen-bond acceptors (Lipinski definition) is 6. The first kappa shape index (κ1) is 18.8. The van der Waals surface area contributed by atoms with Crippen LogP contribution in [0.2, 0.25) is 5.02 Å². The SMILES string of the molecule is COc1ccccc1C(=O)N1CCN(c2nc3c(OC)ccc(Cl)c3s2)CC1. The van der Waals surface area contributed by atoms with Gasteiger partial charge in [-0.2, -0.15) is 0 Å². The third kappa shape index (κ3) is 3.36. The zero-order chi connectivity index (χ0) is 19.7. The largest absolute Gasteiger partial charge is 0.496 e. The Kier molecular flexibility index (Phi) is 5.28. The molecule has 0 aliphatic carbocycles. The predicted molar refractivity (Wildman–Crippen MR) is 112 cm³/mol. The van der Waals surface area contributed by atoms with Crippen molar-refractivity contribution in [2.24, 2.45) is 0 Å². The van der Waals surface area contributed by atoms with Gasteiger partial charge in [-0.05, 0) is 24.3 Å². The lowest BCUT2D eigenvalue weighted by Crippen LogP contribution is -2.48. The molecular formula is C20H20ClN3O3S. The standard InChI is InChI=1S/C20H20ClN3O3S/c1-26-15-6-4-3-5-13(15)19(25)23-9-11-24(12-10-23)20-22-17-16(27-2)8-7-14(21)18(17)28-20/h3-8H,9-12H2,1-2H3. The fourth-order valence-corrected chi connectivity index (χ4v) is 4.64. The van der Waals surface area contributed by atoms with Crippen LogP contribution >= 0.6 is 22.9 Å². The molecule has 1 fully saturated rings. The number of benzene rings is 2. The number of piperazine rings is 1. The summed E-state index contributed by atoms with van der Waals surface area (Å²) in [6.45, 7) is 2.66. The number of amides is 1. The Hall–Kier alpha value is -2.51. The van der Waals surface area contributed by atoms with Gasteiger partial charge in [-0.1, -0.05) is 35.1 Å². The molecule has 2 heterocycles. The Labute approximate surface area is 172 Å². The number of fused-ring (bicyclic) bond motifs is 1. The fourth-order valence-electron chi connectivity index (χ4n) is 3.33. The van der Waals surface area contributed by atoms with Crippen LogP contribution < -0.4 is 14.4 Å². The van der Waals surface area contributed by atoms with Crippen LogP contribution in [0.3, 0.4) is 0 Å². The summed E-state index contributed by atoms with van der Waals surface area (Å²) in [5.41, 5.74) is 1.37. The van der Waals surface area contributed by atoms with E-state index in [9.17, 15) is 4.79 Å². The van der Waals surface area contributed by atoms with Gasteiger partial charge in [0.05, 0.1) is 29.5 Å². The molecule has 6 nitrogen and oxygen atoms in total. The number of thiazole rings is 1. The molecule has 0 bridgehead atoms. The number of halogens is 1. The number of ether oxygens (including phenoxy) is 2. The summed E-state index contributed by atoms with van der Waals surface area (Å²) in [4.78, 5) is 21.7. The van der Waals surface area contributed by atoms with Crippen molar-refractivity contribution < 1.29 is 14.3 Å². The van der Waals surface area contributed by atoms with Crippen molar-refractivity contribution in [3.8, 4) is 11.5 Å². The van der Waals surface area contributed by atoms with E-state index in [1.54, 1.807) is 31.6 Å². The molecule has 0 atom stereocenters. The summed E-state index contributed by atoms with van der Waals surface area (Å²) < 4.78 is 11.6. The Morgan fingerprint density at radius 3 is 2.46 bits per heavy atom. The molecule has 0 N–H and O–H groups in total. The zero-order valence-corrected chi connectivity index (χ0v) is 17.2. The van der Waals surface area contributed by atoms with Crippen LogP contribution in [-0.4, -0.2) is 56.2 Å². The molecule has 1 aromatic heterocycles. The van der Waals surface area contributed by atoms with Crippen molar-refractivity contribution >= 4 is 44.2 Å². The number of hydrogen-bond donors (Lipinski definition) is 0. The van der Waals surface area contributed by atoms with Crippen LogP contribution in [0.4, 0.5) is 5.13 Å². The average molecular weight is 418 g/mol. The van der Waals surface area contributed by atoms with Gasteiger partial charge in [-0.25, -0.2) is 4.98 Å². The number of para-hydroxylation sites is 1. The number of carbonyl (C=O) groups excluding carboxylic acids is 1. The van der Waals surface area contributed by atoms with E-state index in [1.807, 2.05) is 35.2 Å². The molecule has 0 saturated carbocycles. The molecule has 0 unspecified atom stereocenters. The molecule has 28 heavy (non-hydrogen) atoms. The minimum absolute atomic E-state index is 0.00823. The number of rotatable bonds is 4. The van der Waals surface area contributed by atoms with Crippen molar-refractivity contribution in [1.29, 1.82) is 0 Å². The normalized spacial score (nSPS) is 14.4. The van der Waals surface area contributed by atoms with E-state index >= 15 is 0 Å². The highest BCUT2D eigenvalue weighted by Crippen LogP contribution is 2.38. The number of anilines is 1. The molecular weight excluding hydrogens is 398 g/mol. The lowest BCUT2D eigenvalue weighted by molar-refractivity contribution is 0.0743. The van der Waals surface area contributed by atoms with E-state index in [2.05, 4.69) is 4.90 Å². The second kappa shape index (κ2) is 7.85. The van der Waals surface area contributed by atoms with Gasteiger partial charge in [0.1, 0.15) is 17.0 Å². The first-order valence-electron chi connectivity index (χ1n) is 8.92. The predicted octanol–water partition coefficient (Wildman–Crippen LogP) is 3.93. The molecule has 0 radical (unpaired) electrons. The van der Waals surface area contributed by atoms with E-state index in [1.165, 1.54) is 0 Å². The molecule has 3 aromatic rings. The molecule has 8 heteroatoms. The molecule has 0 spiro atoms. The smallest absolute Gasteiger partial charge is 0.257 e. The van der Waals surface area contributed by atoms with Crippen molar-refractivity contribution in [2.45, 2.75) is 0 Å². The van der Waals surface area contributed by atoms with Gasteiger partial charge >= 0.3 is 0 Å². The maximum Gasteiger partial charge on any atom is 0.257 e. The summed E-state index contributed by atoms with van der Waals surface area (Å²) in [5, 5.41) is 1.57. The van der Waals surface area contributed by atoms with Crippen LogP contribution in [0.1, 0.15) is 10.4 Å².